The van der Waals surface area contributed by atoms with Crippen molar-refractivity contribution in [3.8, 4) is 0 Å². The molecule has 0 aromatic rings. The molecule has 6 nitrogen and oxygen atoms in total. The van der Waals surface area contributed by atoms with Crippen LogP contribution in [0.15, 0.2) is 0 Å². The molecule has 0 amide bonds. The highest BCUT2D eigenvalue weighted by Gasteiger charge is 2.42. The molecule has 0 aromatic carbocycles. The number of hydrogen-bond acceptors (Lipinski definition) is 6. The number of nitrogens with one attached hydrogen (secondary N) is 1. The first-order valence-corrected chi connectivity index (χ1v) is 3.83. The Labute approximate surface area is 83.2 Å². The number of methoxy groups -OCH3 is 2. The summed E-state index contributed by atoms with van der Waals surface area (Å²) in [4.78, 5) is 22.2. The predicted octanol–water partition coefficient (Wildman–Crippen LogP) is -1.08. The number of rotatable bonds is 3. The van der Waals surface area contributed by atoms with Gasteiger partial charge in [-0.2, -0.15) is 0 Å². The lowest BCUT2D eigenvalue weighted by atomic mass is 10.0. The van der Waals surface area contributed by atoms with E-state index in [-0.39, 0.29) is 0 Å². The van der Waals surface area contributed by atoms with Crippen LogP contribution in [0.4, 0.5) is 0 Å². The van der Waals surface area contributed by atoms with Crippen LogP contribution in [-0.2, 0) is 19.1 Å². The third kappa shape index (κ3) is 3.31. The summed E-state index contributed by atoms with van der Waals surface area (Å²) in [6.45, 7) is 1.39. The van der Waals surface area contributed by atoms with Gasteiger partial charge in [-0.1, -0.05) is 0 Å². The SMILES string of the molecule is CNC(C)(C(=O)OC)C(=O)OC.CO. The second-order valence-corrected chi connectivity index (χ2v) is 2.36. The normalized spacial score (nSPS) is 9.57. The summed E-state index contributed by atoms with van der Waals surface area (Å²) >= 11 is 0. The van der Waals surface area contributed by atoms with E-state index in [1.54, 1.807) is 0 Å². The number of aliphatic hydroxyl groups is 1. The highest BCUT2D eigenvalue weighted by molar-refractivity contribution is 6.04. The molecular weight excluding hydrogens is 190 g/mol. The number of hydrogen-bond donors (Lipinski definition) is 2. The van der Waals surface area contributed by atoms with Gasteiger partial charge < -0.3 is 14.6 Å². The Hall–Kier alpha value is -1.14. The Kier molecular flexibility index (Phi) is 7.98. The zero-order chi connectivity index (χ0) is 11.8. The van der Waals surface area contributed by atoms with Crippen LogP contribution in [0.3, 0.4) is 0 Å². The van der Waals surface area contributed by atoms with Crippen molar-refractivity contribution in [3.05, 3.63) is 0 Å². The van der Waals surface area contributed by atoms with Gasteiger partial charge in [0.15, 0.2) is 0 Å². The van der Waals surface area contributed by atoms with Crippen molar-refractivity contribution in [2.45, 2.75) is 12.5 Å². The van der Waals surface area contributed by atoms with Crippen LogP contribution < -0.4 is 5.32 Å². The largest absolute Gasteiger partial charge is 0.467 e. The van der Waals surface area contributed by atoms with Gasteiger partial charge in [-0.05, 0) is 14.0 Å². The van der Waals surface area contributed by atoms with E-state index in [1.807, 2.05) is 0 Å². The Bertz CT molecular complexity index is 176. The standard InChI is InChI=1S/C7H13NO4.CH4O/c1-7(8-2,5(9)11-3)6(10)12-4;1-2/h8H,1-4H3;2H,1H3. The van der Waals surface area contributed by atoms with Crippen molar-refractivity contribution < 1.29 is 24.2 Å². The minimum Gasteiger partial charge on any atom is -0.467 e. The topological polar surface area (TPSA) is 84.9 Å². The maximum Gasteiger partial charge on any atom is 0.337 e. The molecule has 0 saturated heterocycles. The molecular formula is C8H17NO5. The lowest BCUT2D eigenvalue weighted by Gasteiger charge is -2.22. The summed E-state index contributed by atoms with van der Waals surface area (Å²) in [6.07, 6.45) is 0. The molecule has 0 unspecified atom stereocenters. The van der Waals surface area contributed by atoms with Gasteiger partial charge in [-0.15, -0.1) is 0 Å². The summed E-state index contributed by atoms with van der Waals surface area (Å²) in [7, 11) is 4.90. The lowest BCUT2D eigenvalue weighted by molar-refractivity contribution is -0.161. The Morgan fingerprint density at radius 2 is 1.43 bits per heavy atom. The van der Waals surface area contributed by atoms with Crippen molar-refractivity contribution in [1.29, 1.82) is 0 Å². The number of aliphatic hydroxyl groups excluding tert-OH is 1. The molecule has 84 valence electrons. The minimum atomic E-state index is -1.41. The number of carbonyl (C=O) groups is 2. The van der Waals surface area contributed by atoms with Crippen molar-refractivity contribution in [3.63, 3.8) is 0 Å². The first-order valence-electron chi connectivity index (χ1n) is 3.83. The van der Waals surface area contributed by atoms with Crippen LogP contribution in [0.1, 0.15) is 6.92 Å². The number of likely N-dealkylation sites (N-methyl/N-ethyl adjacent to an activating group) is 1. The van der Waals surface area contributed by atoms with Gasteiger partial charge in [0.05, 0.1) is 14.2 Å². The van der Waals surface area contributed by atoms with Gasteiger partial charge in [0.2, 0.25) is 5.54 Å². The first-order chi connectivity index (χ1) is 6.52. The Morgan fingerprint density at radius 3 is 1.57 bits per heavy atom. The van der Waals surface area contributed by atoms with Gasteiger partial charge in [-0.3, -0.25) is 5.32 Å². The molecule has 0 atom stereocenters. The zero-order valence-corrected chi connectivity index (χ0v) is 9.08. The van der Waals surface area contributed by atoms with E-state index in [0.717, 1.165) is 7.11 Å². The highest BCUT2D eigenvalue weighted by atomic mass is 16.5. The molecule has 0 fully saturated rings. The molecule has 6 heteroatoms. The fourth-order valence-corrected chi connectivity index (χ4v) is 0.696. The van der Waals surface area contributed by atoms with E-state index in [4.69, 9.17) is 5.11 Å². The van der Waals surface area contributed by atoms with Gasteiger partial charge in [0, 0.05) is 7.11 Å². The maximum atomic E-state index is 11.1. The fourth-order valence-electron chi connectivity index (χ4n) is 0.696. The van der Waals surface area contributed by atoms with Crippen molar-refractivity contribution >= 4 is 11.9 Å². The number of ether oxygens (including phenoxy) is 2. The molecule has 0 aliphatic rings. The summed E-state index contributed by atoms with van der Waals surface area (Å²) in [6, 6.07) is 0. The van der Waals surface area contributed by atoms with Crippen molar-refractivity contribution in [1.82, 2.24) is 5.32 Å². The molecule has 14 heavy (non-hydrogen) atoms. The van der Waals surface area contributed by atoms with Crippen LogP contribution in [0.2, 0.25) is 0 Å². The van der Waals surface area contributed by atoms with E-state index >= 15 is 0 Å². The molecule has 0 aliphatic carbocycles. The molecule has 0 spiro atoms. The summed E-state index contributed by atoms with van der Waals surface area (Å²) in [5.41, 5.74) is -1.41. The molecule has 0 saturated carbocycles. The van der Waals surface area contributed by atoms with E-state index in [1.165, 1.54) is 28.2 Å². The van der Waals surface area contributed by atoms with E-state index < -0.39 is 17.5 Å². The molecule has 2 N–H and O–H groups in total. The Balaban J connectivity index is 0. The minimum absolute atomic E-state index is 0.670. The quantitative estimate of drug-likeness (QED) is 0.452. The third-order valence-electron chi connectivity index (χ3n) is 1.69. The Morgan fingerprint density at radius 1 is 1.14 bits per heavy atom. The van der Waals surface area contributed by atoms with Crippen LogP contribution in [-0.4, -0.2) is 51.0 Å². The molecule has 0 bridgehead atoms. The summed E-state index contributed by atoms with van der Waals surface area (Å²) < 4.78 is 8.85. The van der Waals surface area contributed by atoms with E-state index in [9.17, 15) is 9.59 Å². The lowest BCUT2D eigenvalue weighted by Crippen LogP contribution is -2.55. The maximum absolute atomic E-state index is 11.1. The van der Waals surface area contributed by atoms with E-state index in [2.05, 4.69) is 14.8 Å². The second kappa shape index (κ2) is 7.28. The van der Waals surface area contributed by atoms with Crippen molar-refractivity contribution in [2.75, 3.05) is 28.4 Å². The smallest absolute Gasteiger partial charge is 0.337 e. The van der Waals surface area contributed by atoms with Crippen LogP contribution in [0, 0.1) is 0 Å². The predicted molar refractivity (Wildman–Crippen MR) is 49.6 cm³/mol. The van der Waals surface area contributed by atoms with E-state index in [0.29, 0.717) is 0 Å². The van der Waals surface area contributed by atoms with Gasteiger partial charge >= 0.3 is 11.9 Å². The van der Waals surface area contributed by atoms with Crippen LogP contribution in [0.25, 0.3) is 0 Å². The molecule has 0 aromatic heterocycles. The molecule has 0 heterocycles. The third-order valence-corrected chi connectivity index (χ3v) is 1.69. The summed E-state index contributed by atoms with van der Waals surface area (Å²) in [5.74, 6) is -1.34. The highest BCUT2D eigenvalue weighted by Crippen LogP contribution is 2.07. The van der Waals surface area contributed by atoms with Crippen molar-refractivity contribution in [2.24, 2.45) is 0 Å². The fraction of sp³-hybridized carbons (Fsp3) is 0.750. The zero-order valence-electron chi connectivity index (χ0n) is 9.08. The van der Waals surface area contributed by atoms with Crippen LogP contribution >= 0.6 is 0 Å². The monoisotopic (exact) mass is 207 g/mol. The second-order valence-electron chi connectivity index (χ2n) is 2.36. The number of carbonyl (C=O) groups excluding carboxylic acids is 2. The first kappa shape index (κ1) is 15.3. The number of esters is 2. The molecule has 0 rings (SSSR count). The molecule has 0 aliphatic heterocycles. The molecule has 0 radical (unpaired) electrons. The summed E-state index contributed by atoms with van der Waals surface area (Å²) in [5, 5.41) is 9.53. The average molecular weight is 207 g/mol. The average Bonchev–Trinajstić information content (AvgIpc) is 2.28. The van der Waals surface area contributed by atoms with Gasteiger partial charge in [0.1, 0.15) is 0 Å². The van der Waals surface area contributed by atoms with Crippen LogP contribution in [0.5, 0.6) is 0 Å². The van der Waals surface area contributed by atoms with Gasteiger partial charge in [-0.25, -0.2) is 9.59 Å². The van der Waals surface area contributed by atoms with Gasteiger partial charge in [0.25, 0.3) is 0 Å².